The highest BCUT2D eigenvalue weighted by Gasteiger charge is 2.55. The Kier molecular flexibility index (Phi) is 5.40. The van der Waals surface area contributed by atoms with Crippen LogP contribution in [0, 0.1) is 11.7 Å². The van der Waals surface area contributed by atoms with Gasteiger partial charge in [-0.2, -0.15) is 0 Å². The Labute approximate surface area is 172 Å². The van der Waals surface area contributed by atoms with Crippen molar-refractivity contribution in [3.63, 3.8) is 0 Å². The number of carbonyl (C=O) groups excluding carboxylic acids is 2. The van der Waals surface area contributed by atoms with Crippen LogP contribution in [0.1, 0.15) is 50.5 Å². The summed E-state index contributed by atoms with van der Waals surface area (Å²) in [6.07, 6.45) is 7.28. The minimum Gasteiger partial charge on any atom is -0.322 e. The Balaban J connectivity index is 1.59. The fourth-order valence-electron chi connectivity index (χ4n) is 5.42. The molecule has 2 aliphatic carbocycles. The zero-order valence-corrected chi connectivity index (χ0v) is 17.6. The molecule has 2 amide bonds. The second-order valence-electron chi connectivity index (χ2n) is 9.37. The Morgan fingerprint density at radius 2 is 1.93 bits per heavy atom. The number of nitrogens with zero attached hydrogens (tertiary/aromatic N) is 3. The van der Waals surface area contributed by atoms with E-state index in [-0.39, 0.29) is 22.9 Å². The molecule has 1 heterocycles. The average molecular weight is 402 g/mol. The molecule has 5 nitrogen and oxygen atoms in total. The van der Waals surface area contributed by atoms with Crippen molar-refractivity contribution < 1.29 is 14.0 Å². The normalized spacial score (nSPS) is 29.9. The van der Waals surface area contributed by atoms with Crippen molar-refractivity contribution in [2.45, 2.75) is 56.0 Å². The average Bonchev–Trinajstić information content (AvgIpc) is 3.49. The Bertz CT molecular complexity index is 769. The minimum atomic E-state index is -0.210. The number of halogens is 1. The van der Waals surface area contributed by atoms with E-state index in [1.165, 1.54) is 18.9 Å². The highest BCUT2D eigenvalue weighted by Crippen LogP contribution is 2.50. The second-order valence-corrected chi connectivity index (χ2v) is 9.37. The van der Waals surface area contributed by atoms with Crippen LogP contribution in [0.5, 0.6) is 0 Å². The fraction of sp³-hybridized carbons (Fsp3) is 0.652. The van der Waals surface area contributed by atoms with Gasteiger partial charge >= 0.3 is 6.03 Å². The molecule has 3 fully saturated rings. The van der Waals surface area contributed by atoms with E-state index in [1.54, 1.807) is 12.1 Å². The zero-order chi connectivity index (χ0) is 20.6. The molecule has 0 aromatic heterocycles. The first-order chi connectivity index (χ1) is 13.9. The largest absolute Gasteiger partial charge is 0.322 e. The maximum Gasteiger partial charge on any atom is 0.320 e. The van der Waals surface area contributed by atoms with Gasteiger partial charge in [0.2, 0.25) is 0 Å². The summed E-state index contributed by atoms with van der Waals surface area (Å²) in [4.78, 5) is 30.2. The summed E-state index contributed by atoms with van der Waals surface area (Å²) >= 11 is 0. The summed E-state index contributed by atoms with van der Waals surface area (Å²) in [7, 11) is 4.14. The number of urea groups is 1. The number of rotatable bonds is 7. The van der Waals surface area contributed by atoms with Crippen molar-refractivity contribution >= 4 is 12.3 Å². The van der Waals surface area contributed by atoms with Gasteiger partial charge in [0.1, 0.15) is 12.1 Å². The van der Waals surface area contributed by atoms with Crippen molar-refractivity contribution in [3.05, 3.63) is 35.6 Å². The van der Waals surface area contributed by atoms with Crippen LogP contribution in [0.25, 0.3) is 0 Å². The van der Waals surface area contributed by atoms with Crippen molar-refractivity contribution in [3.8, 4) is 0 Å². The van der Waals surface area contributed by atoms with Crippen molar-refractivity contribution in [2.75, 3.05) is 33.7 Å². The number of aldehydes is 1. The molecule has 1 aliphatic heterocycles. The number of hydrogen-bond acceptors (Lipinski definition) is 3. The molecule has 0 atom stereocenters. The summed E-state index contributed by atoms with van der Waals surface area (Å²) < 4.78 is 14.0. The summed E-state index contributed by atoms with van der Waals surface area (Å²) in [5, 5.41) is 0. The van der Waals surface area contributed by atoms with Gasteiger partial charge in [-0.1, -0.05) is 12.1 Å². The van der Waals surface area contributed by atoms with Crippen LogP contribution in [0.15, 0.2) is 24.3 Å². The third kappa shape index (κ3) is 3.67. The predicted octanol–water partition coefficient (Wildman–Crippen LogP) is 3.63. The quantitative estimate of drug-likeness (QED) is 0.656. The van der Waals surface area contributed by atoms with Crippen LogP contribution in [-0.4, -0.2) is 66.3 Å². The van der Waals surface area contributed by atoms with E-state index < -0.39 is 0 Å². The van der Waals surface area contributed by atoms with Gasteiger partial charge in [-0.25, -0.2) is 9.18 Å². The van der Waals surface area contributed by atoms with Crippen molar-refractivity contribution in [2.24, 2.45) is 5.92 Å². The molecule has 6 heteroatoms. The first kappa shape index (κ1) is 20.3. The van der Waals surface area contributed by atoms with Crippen molar-refractivity contribution in [1.29, 1.82) is 0 Å². The molecular weight excluding hydrogens is 369 g/mol. The smallest absolute Gasteiger partial charge is 0.320 e. The summed E-state index contributed by atoms with van der Waals surface area (Å²) in [5.41, 5.74) is 0.654. The lowest BCUT2D eigenvalue weighted by Crippen LogP contribution is -2.55. The lowest BCUT2D eigenvalue weighted by Gasteiger charge is -2.51. The zero-order valence-electron chi connectivity index (χ0n) is 17.6. The molecule has 0 bridgehead atoms. The van der Waals surface area contributed by atoms with E-state index in [2.05, 4.69) is 23.9 Å². The molecule has 1 aromatic rings. The number of benzene rings is 1. The molecule has 1 aromatic carbocycles. The van der Waals surface area contributed by atoms with E-state index >= 15 is 0 Å². The molecule has 29 heavy (non-hydrogen) atoms. The molecule has 1 spiro atoms. The molecule has 4 rings (SSSR count). The van der Waals surface area contributed by atoms with E-state index in [4.69, 9.17) is 0 Å². The van der Waals surface area contributed by atoms with Gasteiger partial charge in [-0.05, 0) is 76.2 Å². The van der Waals surface area contributed by atoms with Crippen LogP contribution in [0.3, 0.4) is 0 Å². The number of carbonyl (C=O) groups is 2. The molecule has 0 unspecified atom stereocenters. The monoisotopic (exact) mass is 401 g/mol. The van der Waals surface area contributed by atoms with Crippen LogP contribution in [0.2, 0.25) is 0 Å². The fourth-order valence-corrected chi connectivity index (χ4v) is 5.42. The van der Waals surface area contributed by atoms with E-state index in [0.717, 1.165) is 44.1 Å². The molecule has 3 aliphatic rings. The van der Waals surface area contributed by atoms with Gasteiger partial charge in [0.15, 0.2) is 0 Å². The van der Waals surface area contributed by atoms with Gasteiger partial charge in [0, 0.05) is 31.6 Å². The Hall–Kier alpha value is -1.95. The highest BCUT2D eigenvalue weighted by molar-refractivity contribution is 5.78. The molecule has 0 radical (unpaired) electrons. The summed E-state index contributed by atoms with van der Waals surface area (Å²) in [5.74, 6) is 0.432. The molecular formula is C23H32FN3O2. The molecule has 1 saturated heterocycles. The highest BCUT2D eigenvalue weighted by atomic mass is 19.1. The first-order valence-electron chi connectivity index (χ1n) is 10.8. The van der Waals surface area contributed by atoms with Gasteiger partial charge in [0.25, 0.3) is 0 Å². The van der Waals surface area contributed by atoms with Crippen LogP contribution >= 0.6 is 0 Å². The first-order valence-corrected chi connectivity index (χ1v) is 10.8. The lowest BCUT2D eigenvalue weighted by atomic mass is 9.68. The maximum atomic E-state index is 14.0. The number of amides is 2. The molecule has 2 saturated carbocycles. The third-order valence-electron chi connectivity index (χ3n) is 7.44. The second kappa shape index (κ2) is 7.71. The SMILES string of the molecule is CN(C)[C@]1(c2cccc(F)c2)CC[C@]2(CC1)CN(CCC=O)C(=O)N2CC1CC1. The van der Waals surface area contributed by atoms with E-state index in [0.29, 0.717) is 25.4 Å². The standard InChI is InChI=1S/C23H32FN3O2/c1-25(2)23(19-5-3-6-20(24)15-19)11-9-22(10-12-23)17-26(13-4-14-28)21(29)27(22)16-18-7-8-18/h3,5-6,14-15,18H,4,7-13,16-17H2,1-2H3/t22-,23+. The van der Waals surface area contributed by atoms with E-state index in [9.17, 15) is 14.0 Å². The summed E-state index contributed by atoms with van der Waals surface area (Å²) in [6, 6.07) is 7.08. The van der Waals surface area contributed by atoms with Gasteiger partial charge < -0.3 is 14.6 Å². The number of hydrogen-bond donors (Lipinski definition) is 0. The molecule has 0 N–H and O–H groups in total. The third-order valence-corrected chi connectivity index (χ3v) is 7.44. The topological polar surface area (TPSA) is 43.9 Å². The predicted molar refractivity (Wildman–Crippen MR) is 110 cm³/mol. The van der Waals surface area contributed by atoms with Crippen LogP contribution < -0.4 is 0 Å². The lowest BCUT2D eigenvalue weighted by molar-refractivity contribution is -0.108. The van der Waals surface area contributed by atoms with Gasteiger partial charge in [-0.3, -0.25) is 4.90 Å². The minimum absolute atomic E-state index is 0.0989. The maximum absolute atomic E-state index is 14.0. The van der Waals surface area contributed by atoms with Crippen LogP contribution in [-0.2, 0) is 10.3 Å². The molecule has 158 valence electrons. The van der Waals surface area contributed by atoms with E-state index in [1.807, 2.05) is 11.0 Å². The van der Waals surface area contributed by atoms with Gasteiger partial charge in [-0.15, -0.1) is 0 Å². The van der Waals surface area contributed by atoms with Crippen molar-refractivity contribution in [1.82, 2.24) is 14.7 Å². The van der Waals surface area contributed by atoms with Gasteiger partial charge in [0.05, 0.1) is 5.54 Å². The Morgan fingerprint density at radius 3 is 2.52 bits per heavy atom. The Morgan fingerprint density at radius 1 is 1.21 bits per heavy atom. The summed E-state index contributed by atoms with van der Waals surface area (Å²) in [6.45, 7) is 2.05. The van der Waals surface area contributed by atoms with Crippen LogP contribution in [0.4, 0.5) is 9.18 Å².